The molecule has 0 atom stereocenters. The molecule has 2 heterocycles. The summed E-state index contributed by atoms with van der Waals surface area (Å²) >= 11 is 0. The van der Waals surface area contributed by atoms with Gasteiger partial charge in [0.2, 0.25) is 0 Å². The van der Waals surface area contributed by atoms with Crippen molar-refractivity contribution in [2.24, 2.45) is 0 Å². The Morgan fingerprint density at radius 2 is 1.71 bits per heavy atom. The van der Waals surface area contributed by atoms with Crippen molar-refractivity contribution in [3.05, 3.63) is 54.1 Å². The fraction of sp³-hybridized carbons (Fsp3) is 0.435. The van der Waals surface area contributed by atoms with Crippen molar-refractivity contribution in [1.82, 2.24) is 9.80 Å². The molecule has 2 aliphatic rings. The maximum absolute atomic E-state index is 13.0. The number of methoxy groups -OCH3 is 1. The summed E-state index contributed by atoms with van der Waals surface area (Å²) in [6.45, 7) is 3.74. The van der Waals surface area contributed by atoms with Crippen LogP contribution in [0.1, 0.15) is 36.0 Å². The van der Waals surface area contributed by atoms with E-state index in [9.17, 15) is 13.2 Å². The summed E-state index contributed by atoms with van der Waals surface area (Å²) in [5, 5.41) is 0. The van der Waals surface area contributed by atoms with Crippen LogP contribution in [0.2, 0.25) is 0 Å². The van der Waals surface area contributed by atoms with E-state index in [1.165, 1.54) is 32.1 Å². The Bertz CT molecular complexity index is 1030. The first-order valence-electron chi connectivity index (χ1n) is 10.8. The molecule has 2 aromatic carbocycles. The predicted octanol–water partition coefficient (Wildman–Crippen LogP) is 3.20. The fourth-order valence-corrected chi connectivity index (χ4v) is 5.57. The molecule has 1 N–H and O–H groups in total. The van der Waals surface area contributed by atoms with Crippen LogP contribution in [-0.4, -0.2) is 63.5 Å². The molecule has 2 aliphatic heterocycles. The molecule has 2 fully saturated rings. The molecular weight excluding hydrogens is 414 g/mol. The molecule has 0 aliphatic carbocycles. The standard InChI is InChI=1S/C23H29N3O4S/c1-30-22-10-3-2-9-21(22)24-31(28,29)20-8-6-7-18(17-20)23(27)26-15-11-19(12-16-26)25-13-4-5-14-25/h2-3,6-10,17,19,24H,4-5,11-16H2,1H3. The molecule has 1 amide bonds. The van der Waals surface area contributed by atoms with Crippen LogP contribution < -0.4 is 9.46 Å². The number of anilines is 1. The van der Waals surface area contributed by atoms with Gasteiger partial charge in [-0.2, -0.15) is 0 Å². The van der Waals surface area contributed by atoms with Crippen molar-refractivity contribution >= 4 is 21.6 Å². The lowest BCUT2D eigenvalue weighted by atomic mass is 10.0. The highest BCUT2D eigenvalue weighted by atomic mass is 32.2. The second-order valence-corrected chi connectivity index (χ2v) is 9.78. The second-order valence-electron chi connectivity index (χ2n) is 8.10. The zero-order valence-electron chi connectivity index (χ0n) is 17.8. The zero-order valence-corrected chi connectivity index (χ0v) is 18.6. The fourth-order valence-electron chi connectivity index (χ4n) is 4.45. The molecule has 7 nitrogen and oxygen atoms in total. The molecule has 0 spiro atoms. The van der Waals surface area contributed by atoms with Crippen molar-refractivity contribution in [1.29, 1.82) is 0 Å². The Hall–Kier alpha value is -2.58. The van der Waals surface area contributed by atoms with Crippen molar-refractivity contribution in [3.8, 4) is 5.75 Å². The first-order valence-corrected chi connectivity index (χ1v) is 12.3. The van der Waals surface area contributed by atoms with Gasteiger partial charge in [-0.3, -0.25) is 9.52 Å². The van der Waals surface area contributed by atoms with E-state index in [4.69, 9.17) is 4.74 Å². The minimum absolute atomic E-state index is 0.0520. The topological polar surface area (TPSA) is 78.9 Å². The van der Waals surface area contributed by atoms with E-state index in [-0.39, 0.29) is 10.8 Å². The summed E-state index contributed by atoms with van der Waals surface area (Å²) in [5.74, 6) is 0.313. The number of likely N-dealkylation sites (tertiary alicyclic amines) is 2. The SMILES string of the molecule is COc1ccccc1NS(=O)(=O)c1cccc(C(=O)N2CCC(N3CCCC3)CC2)c1. The minimum Gasteiger partial charge on any atom is -0.495 e. The summed E-state index contributed by atoms with van der Waals surface area (Å²) in [7, 11) is -2.37. The lowest BCUT2D eigenvalue weighted by Crippen LogP contribution is -2.45. The normalized spacial score (nSPS) is 18.2. The van der Waals surface area contributed by atoms with E-state index in [0.717, 1.165) is 25.9 Å². The van der Waals surface area contributed by atoms with Crippen LogP contribution in [0.3, 0.4) is 0 Å². The van der Waals surface area contributed by atoms with Crippen LogP contribution in [0.4, 0.5) is 5.69 Å². The predicted molar refractivity (Wildman–Crippen MR) is 120 cm³/mol. The number of benzene rings is 2. The van der Waals surface area contributed by atoms with Gasteiger partial charge in [-0.25, -0.2) is 8.42 Å². The van der Waals surface area contributed by atoms with Gasteiger partial charge in [0.05, 0.1) is 17.7 Å². The summed E-state index contributed by atoms with van der Waals surface area (Å²) in [4.78, 5) is 17.5. The van der Waals surface area contributed by atoms with E-state index < -0.39 is 10.0 Å². The largest absolute Gasteiger partial charge is 0.495 e. The minimum atomic E-state index is -3.86. The average Bonchev–Trinajstić information content (AvgIpc) is 3.34. The monoisotopic (exact) mass is 443 g/mol. The number of nitrogens with zero attached hydrogens (tertiary/aromatic N) is 2. The molecule has 166 valence electrons. The number of hydrogen-bond acceptors (Lipinski definition) is 5. The zero-order chi connectivity index (χ0) is 21.8. The van der Waals surface area contributed by atoms with E-state index in [1.54, 1.807) is 36.4 Å². The highest BCUT2D eigenvalue weighted by Crippen LogP contribution is 2.27. The summed E-state index contributed by atoms with van der Waals surface area (Å²) < 4.78 is 33.6. The van der Waals surface area contributed by atoms with Crippen LogP contribution in [0, 0.1) is 0 Å². The van der Waals surface area contributed by atoms with Gasteiger partial charge in [0.1, 0.15) is 5.75 Å². The molecule has 2 saturated heterocycles. The average molecular weight is 444 g/mol. The number of carbonyl (C=O) groups excluding carboxylic acids is 1. The van der Waals surface area contributed by atoms with Gasteiger partial charge in [-0.15, -0.1) is 0 Å². The first-order chi connectivity index (χ1) is 15.0. The number of sulfonamides is 1. The number of nitrogens with one attached hydrogen (secondary N) is 1. The molecule has 0 radical (unpaired) electrons. The van der Waals surface area contributed by atoms with Gasteiger partial charge >= 0.3 is 0 Å². The number of ether oxygens (including phenoxy) is 1. The number of piperidine rings is 1. The van der Waals surface area contributed by atoms with Gasteiger partial charge in [0, 0.05) is 24.7 Å². The summed E-state index contributed by atoms with van der Waals surface area (Å²) in [6.07, 6.45) is 4.48. The van der Waals surface area contributed by atoms with E-state index in [1.807, 2.05) is 4.90 Å². The van der Waals surface area contributed by atoms with Gasteiger partial charge < -0.3 is 14.5 Å². The van der Waals surface area contributed by atoms with Crippen molar-refractivity contribution in [2.75, 3.05) is 38.0 Å². The molecular formula is C23H29N3O4S. The van der Waals surface area contributed by atoms with Crippen LogP contribution in [0.25, 0.3) is 0 Å². The van der Waals surface area contributed by atoms with Crippen LogP contribution in [0.15, 0.2) is 53.4 Å². The molecule has 0 saturated carbocycles. The first kappa shape index (κ1) is 21.6. The Labute approximate surface area is 184 Å². The van der Waals surface area contributed by atoms with Crippen molar-refractivity contribution in [2.45, 2.75) is 36.6 Å². The third kappa shape index (κ3) is 4.85. The molecule has 31 heavy (non-hydrogen) atoms. The van der Waals surface area contributed by atoms with E-state index >= 15 is 0 Å². The highest BCUT2D eigenvalue weighted by molar-refractivity contribution is 7.92. The molecule has 0 aromatic heterocycles. The number of amides is 1. The van der Waals surface area contributed by atoms with Crippen LogP contribution in [-0.2, 0) is 10.0 Å². The molecule has 0 unspecified atom stereocenters. The molecule has 2 aromatic rings. The smallest absolute Gasteiger partial charge is 0.262 e. The molecule has 8 heteroatoms. The number of para-hydroxylation sites is 2. The van der Waals surface area contributed by atoms with Gasteiger partial charge in [-0.1, -0.05) is 18.2 Å². The number of rotatable bonds is 6. The lowest BCUT2D eigenvalue weighted by Gasteiger charge is -2.36. The van der Waals surface area contributed by atoms with Crippen molar-refractivity contribution in [3.63, 3.8) is 0 Å². The van der Waals surface area contributed by atoms with Gasteiger partial charge in [-0.05, 0) is 69.1 Å². The number of carbonyl (C=O) groups is 1. The van der Waals surface area contributed by atoms with Crippen LogP contribution >= 0.6 is 0 Å². The Morgan fingerprint density at radius 3 is 2.42 bits per heavy atom. The van der Waals surface area contributed by atoms with E-state index in [2.05, 4.69) is 9.62 Å². The maximum atomic E-state index is 13.0. The Balaban J connectivity index is 1.45. The Kier molecular flexibility index (Phi) is 6.48. The molecule has 0 bridgehead atoms. The molecule has 4 rings (SSSR count). The third-order valence-corrected chi connectivity index (χ3v) is 7.51. The second kappa shape index (κ2) is 9.28. The third-order valence-electron chi connectivity index (χ3n) is 6.15. The maximum Gasteiger partial charge on any atom is 0.262 e. The van der Waals surface area contributed by atoms with E-state index in [0.29, 0.717) is 36.1 Å². The lowest BCUT2D eigenvalue weighted by molar-refractivity contribution is 0.0644. The highest BCUT2D eigenvalue weighted by Gasteiger charge is 2.29. The quantitative estimate of drug-likeness (QED) is 0.742. The van der Waals surface area contributed by atoms with Gasteiger partial charge in [0.15, 0.2) is 0 Å². The summed E-state index contributed by atoms with van der Waals surface area (Å²) in [5.41, 5.74) is 0.744. The van der Waals surface area contributed by atoms with Crippen molar-refractivity contribution < 1.29 is 17.9 Å². The van der Waals surface area contributed by atoms with Gasteiger partial charge in [0.25, 0.3) is 15.9 Å². The summed E-state index contributed by atoms with van der Waals surface area (Å²) in [6, 6.07) is 13.6. The van der Waals surface area contributed by atoms with Crippen LogP contribution in [0.5, 0.6) is 5.75 Å². The Morgan fingerprint density at radius 1 is 1.00 bits per heavy atom. The number of hydrogen-bond donors (Lipinski definition) is 1.